The predicted octanol–water partition coefficient (Wildman–Crippen LogP) is 3.85. The molecule has 1 unspecified atom stereocenters. The largest absolute Gasteiger partial charge is 0.343 e. The average molecular weight is 499 g/mol. The van der Waals surface area contributed by atoms with E-state index in [1.807, 2.05) is 66.4 Å². The van der Waals surface area contributed by atoms with E-state index in [0.717, 1.165) is 36.1 Å². The third-order valence-corrected chi connectivity index (χ3v) is 7.49. The molecule has 2 aromatic carbocycles. The predicted molar refractivity (Wildman–Crippen MR) is 143 cm³/mol. The van der Waals surface area contributed by atoms with Crippen LogP contribution in [0.2, 0.25) is 0 Å². The maximum Gasteiger partial charge on any atom is 0.274 e. The Balaban J connectivity index is 1.21. The third kappa shape index (κ3) is 5.74. The van der Waals surface area contributed by atoms with Crippen molar-refractivity contribution in [3.8, 4) is 0 Å². The first-order valence-electron chi connectivity index (χ1n) is 13.0. The summed E-state index contributed by atoms with van der Waals surface area (Å²) in [6.07, 6.45) is 5.35. The molecule has 8 nitrogen and oxygen atoms in total. The van der Waals surface area contributed by atoms with Crippen LogP contribution >= 0.6 is 0 Å². The van der Waals surface area contributed by atoms with E-state index in [4.69, 9.17) is 0 Å². The first kappa shape index (κ1) is 24.7. The van der Waals surface area contributed by atoms with E-state index < -0.39 is 0 Å². The van der Waals surface area contributed by atoms with Gasteiger partial charge in [0.1, 0.15) is 11.5 Å². The van der Waals surface area contributed by atoms with Crippen LogP contribution in [-0.2, 0) is 24.7 Å². The molecule has 192 valence electrons. The van der Waals surface area contributed by atoms with Gasteiger partial charge in [-0.1, -0.05) is 42.5 Å². The molecule has 1 aliphatic heterocycles. The summed E-state index contributed by atoms with van der Waals surface area (Å²) in [6.45, 7) is 1.42. The number of carbonyl (C=O) groups is 2. The number of nitrogens with zero attached hydrogens (tertiary/aromatic N) is 5. The maximum absolute atomic E-state index is 13.3. The number of H-pyrrole nitrogens is 1. The number of imidazole rings is 1. The molecular formula is C29H34N6O2. The van der Waals surface area contributed by atoms with Gasteiger partial charge in [-0.25, -0.2) is 4.98 Å². The molecule has 0 radical (unpaired) electrons. The number of hydrogen-bond donors (Lipinski definition) is 1. The molecule has 5 rings (SSSR count). The highest BCUT2D eigenvalue weighted by molar-refractivity contribution is 5.92. The molecule has 0 spiro atoms. The molecule has 1 atom stereocenters. The summed E-state index contributed by atoms with van der Waals surface area (Å²) in [5, 5.41) is 4.33. The number of aromatic nitrogens is 4. The lowest BCUT2D eigenvalue weighted by Gasteiger charge is -2.40. The van der Waals surface area contributed by atoms with Crippen LogP contribution in [0.1, 0.15) is 41.1 Å². The number of likely N-dealkylation sites (N-methyl/N-ethyl adjacent to an activating group) is 1. The number of piperidine rings is 1. The van der Waals surface area contributed by atoms with Crippen molar-refractivity contribution in [2.45, 2.75) is 38.1 Å². The van der Waals surface area contributed by atoms with Crippen molar-refractivity contribution in [3.05, 3.63) is 83.9 Å². The molecule has 0 bridgehead atoms. The molecule has 1 fully saturated rings. The highest BCUT2D eigenvalue weighted by atomic mass is 16.2. The number of nitrogens with one attached hydrogen (secondary N) is 1. The summed E-state index contributed by atoms with van der Waals surface area (Å²) in [4.78, 5) is 38.0. The SMILES string of the molecule is CN(C(=O)c1ccn(C)n1)C(Cc1ccccc1)C1CCN(C(=O)CCc2nc3ccccc3[nH]2)CC1. The lowest BCUT2D eigenvalue weighted by molar-refractivity contribution is -0.132. The van der Waals surface area contributed by atoms with Crippen molar-refractivity contribution in [3.63, 3.8) is 0 Å². The highest BCUT2D eigenvalue weighted by Crippen LogP contribution is 2.28. The molecule has 37 heavy (non-hydrogen) atoms. The second-order valence-corrected chi connectivity index (χ2v) is 9.97. The van der Waals surface area contributed by atoms with Gasteiger partial charge in [0.05, 0.1) is 11.0 Å². The molecule has 2 amide bonds. The number of likely N-dealkylation sites (tertiary alicyclic amines) is 1. The molecular weight excluding hydrogens is 464 g/mol. The number of aryl methyl sites for hydroxylation is 2. The van der Waals surface area contributed by atoms with Crippen LogP contribution in [0.4, 0.5) is 0 Å². The lowest BCUT2D eigenvalue weighted by Crippen LogP contribution is -2.48. The Kier molecular flexibility index (Phi) is 7.35. The molecule has 1 saturated heterocycles. The van der Waals surface area contributed by atoms with Crippen LogP contribution in [0.15, 0.2) is 66.9 Å². The summed E-state index contributed by atoms with van der Waals surface area (Å²) < 4.78 is 1.66. The summed E-state index contributed by atoms with van der Waals surface area (Å²) in [6, 6.07) is 20.0. The fraction of sp³-hybridized carbons (Fsp3) is 0.379. The summed E-state index contributed by atoms with van der Waals surface area (Å²) in [5.74, 6) is 1.25. The highest BCUT2D eigenvalue weighted by Gasteiger charge is 2.33. The first-order chi connectivity index (χ1) is 18.0. The molecule has 1 aliphatic rings. The second kappa shape index (κ2) is 11.0. The normalized spacial score (nSPS) is 15.1. The van der Waals surface area contributed by atoms with Crippen LogP contribution < -0.4 is 0 Å². The van der Waals surface area contributed by atoms with Crippen LogP contribution in [-0.4, -0.2) is 67.5 Å². The van der Waals surface area contributed by atoms with Gasteiger partial charge in [0.15, 0.2) is 0 Å². The van der Waals surface area contributed by atoms with E-state index in [1.54, 1.807) is 16.9 Å². The van der Waals surface area contributed by atoms with Gasteiger partial charge in [-0.3, -0.25) is 14.3 Å². The Labute approximate surface area is 217 Å². The maximum atomic E-state index is 13.3. The summed E-state index contributed by atoms with van der Waals surface area (Å²) in [5.41, 5.74) is 3.60. The van der Waals surface area contributed by atoms with Gasteiger partial charge in [-0.2, -0.15) is 5.10 Å². The van der Waals surface area contributed by atoms with Gasteiger partial charge in [-0.15, -0.1) is 0 Å². The van der Waals surface area contributed by atoms with E-state index in [-0.39, 0.29) is 17.9 Å². The van der Waals surface area contributed by atoms with E-state index in [1.165, 1.54) is 5.56 Å². The summed E-state index contributed by atoms with van der Waals surface area (Å²) in [7, 11) is 3.70. The van der Waals surface area contributed by atoms with E-state index >= 15 is 0 Å². The number of rotatable bonds is 8. The van der Waals surface area contributed by atoms with E-state index in [2.05, 4.69) is 27.2 Å². The topological polar surface area (TPSA) is 87.1 Å². The Morgan fingerprint density at radius 3 is 2.49 bits per heavy atom. The molecule has 0 aliphatic carbocycles. The fourth-order valence-electron chi connectivity index (χ4n) is 5.38. The minimum atomic E-state index is -0.0640. The molecule has 3 heterocycles. The zero-order valence-electron chi connectivity index (χ0n) is 21.5. The third-order valence-electron chi connectivity index (χ3n) is 7.49. The number of aromatic amines is 1. The molecule has 1 N–H and O–H groups in total. The Hall–Kier alpha value is -3.94. The van der Waals surface area contributed by atoms with Gasteiger partial charge in [0, 0.05) is 52.3 Å². The minimum Gasteiger partial charge on any atom is -0.343 e. The average Bonchev–Trinajstić information content (AvgIpc) is 3.56. The van der Waals surface area contributed by atoms with E-state index in [9.17, 15) is 9.59 Å². The molecule has 8 heteroatoms. The number of amides is 2. The van der Waals surface area contributed by atoms with Crippen molar-refractivity contribution in [1.29, 1.82) is 0 Å². The zero-order valence-corrected chi connectivity index (χ0v) is 21.5. The monoisotopic (exact) mass is 498 g/mol. The van der Waals surface area contributed by atoms with Crippen molar-refractivity contribution < 1.29 is 9.59 Å². The number of hydrogen-bond acceptors (Lipinski definition) is 4. The van der Waals surface area contributed by atoms with Gasteiger partial charge in [0.25, 0.3) is 5.91 Å². The zero-order chi connectivity index (χ0) is 25.8. The number of benzene rings is 2. The Morgan fingerprint density at radius 2 is 1.78 bits per heavy atom. The van der Waals surface area contributed by atoms with Crippen LogP contribution in [0.5, 0.6) is 0 Å². The van der Waals surface area contributed by atoms with Gasteiger partial charge in [0.2, 0.25) is 5.91 Å². The van der Waals surface area contributed by atoms with E-state index in [0.29, 0.717) is 37.5 Å². The van der Waals surface area contributed by atoms with Crippen LogP contribution in [0.25, 0.3) is 11.0 Å². The number of para-hydroxylation sites is 2. The molecule has 2 aromatic heterocycles. The van der Waals surface area contributed by atoms with Crippen molar-refractivity contribution in [2.75, 3.05) is 20.1 Å². The molecule has 4 aromatic rings. The van der Waals surface area contributed by atoms with Gasteiger partial charge >= 0.3 is 0 Å². The lowest BCUT2D eigenvalue weighted by atomic mass is 9.84. The van der Waals surface area contributed by atoms with Gasteiger partial charge in [-0.05, 0) is 48.9 Å². The van der Waals surface area contributed by atoms with Crippen LogP contribution in [0.3, 0.4) is 0 Å². The number of carbonyl (C=O) groups excluding carboxylic acids is 2. The van der Waals surface area contributed by atoms with Crippen molar-refractivity contribution in [1.82, 2.24) is 29.5 Å². The quantitative estimate of drug-likeness (QED) is 0.400. The Bertz CT molecular complexity index is 1320. The summed E-state index contributed by atoms with van der Waals surface area (Å²) >= 11 is 0. The fourth-order valence-corrected chi connectivity index (χ4v) is 5.38. The van der Waals surface area contributed by atoms with Crippen molar-refractivity contribution >= 4 is 22.8 Å². The first-order valence-corrected chi connectivity index (χ1v) is 13.0. The van der Waals surface area contributed by atoms with Crippen LogP contribution in [0, 0.1) is 5.92 Å². The number of fused-ring (bicyclic) bond motifs is 1. The standard InChI is InChI=1S/C29H34N6O2/c1-33-17-16-25(32-33)29(37)34(2)26(20-21-8-4-3-5-9-21)22-14-18-35(19-15-22)28(36)13-12-27-30-23-10-6-7-11-24(23)31-27/h3-11,16-17,22,26H,12-15,18-20H2,1-2H3,(H,30,31). The Morgan fingerprint density at radius 1 is 1.05 bits per heavy atom. The minimum absolute atomic E-state index is 0.0321. The van der Waals surface area contributed by atoms with Gasteiger partial charge < -0.3 is 14.8 Å². The smallest absolute Gasteiger partial charge is 0.274 e. The van der Waals surface area contributed by atoms with Crippen molar-refractivity contribution in [2.24, 2.45) is 13.0 Å². The molecule has 0 saturated carbocycles. The second-order valence-electron chi connectivity index (χ2n) is 9.97.